The summed E-state index contributed by atoms with van der Waals surface area (Å²) in [6.45, 7) is -0.598. The summed E-state index contributed by atoms with van der Waals surface area (Å²) in [5, 5.41) is 28.1. The highest BCUT2D eigenvalue weighted by atomic mass is 19.1. The van der Waals surface area contributed by atoms with Crippen LogP contribution in [0.5, 0.6) is 5.75 Å². The monoisotopic (exact) mass is 258 g/mol. The van der Waals surface area contributed by atoms with Gasteiger partial charge in [-0.3, -0.25) is 0 Å². The molecule has 0 radical (unpaired) electrons. The van der Waals surface area contributed by atoms with Crippen LogP contribution in [0.15, 0.2) is 30.3 Å². The maximum atomic E-state index is 13.5. The van der Waals surface area contributed by atoms with E-state index in [2.05, 4.69) is 0 Å². The van der Waals surface area contributed by atoms with Crippen molar-refractivity contribution in [2.75, 3.05) is 6.61 Å². The van der Waals surface area contributed by atoms with Crippen molar-refractivity contribution in [2.24, 2.45) is 0 Å². The summed E-state index contributed by atoms with van der Waals surface area (Å²) in [5.41, 5.74) is 0. The fourth-order valence-corrected chi connectivity index (χ4v) is 1.77. The van der Waals surface area contributed by atoms with Crippen LogP contribution in [0.4, 0.5) is 4.39 Å². The Labute approximate surface area is 103 Å². The molecule has 1 saturated heterocycles. The average Bonchev–Trinajstić information content (AvgIpc) is 2.40. The smallest absolute Gasteiger partial charge is 0.229 e. The summed E-state index contributed by atoms with van der Waals surface area (Å²) in [6, 6.07) is 8.51. The number of aliphatic hydroxyl groups excluding tert-OH is 3. The molecular weight excluding hydrogens is 243 g/mol. The van der Waals surface area contributed by atoms with Gasteiger partial charge in [0.05, 0.1) is 6.61 Å². The molecule has 1 heterocycles. The number of rotatable bonds is 3. The molecule has 1 aliphatic rings. The van der Waals surface area contributed by atoms with Crippen LogP contribution >= 0.6 is 0 Å². The van der Waals surface area contributed by atoms with Gasteiger partial charge in [-0.05, 0) is 12.1 Å². The molecule has 1 aromatic carbocycles. The largest absolute Gasteiger partial charge is 0.462 e. The van der Waals surface area contributed by atoms with Crippen LogP contribution in [0.1, 0.15) is 0 Å². The van der Waals surface area contributed by atoms with Crippen molar-refractivity contribution in [3.63, 3.8) is 0 Å². The van der Waals surface area contributed by atoms with E-state index >= 15 is 0 Å². The molecule has 6 heteroatoms. The van der Waals surface area contributed by atoms with Gasteiger partial charge in [0.2, 0.25) is 6.29 Å². The third kappa shape index (κ3) is 2.62. The molecule has 0 bridgehead atoms. The molecule has 0 aromatic heterocycles. The Kier molecular flexibility index (Phi) is 4.13. The van der Waals surface area contributed by atoms with E-state index in [1.54, 1.807) is 30.3 Å². The molecule has 0 saturated carbocycles. The lowest BCUT2D eigenvalue weighted by Crippen LogP contribution is -2.58. The summed E-state index contributed by atoms with van der Waals surface area (Å²) in [5.74, 6) is 0.419. The van der Waals surface area contributed by atoms with Crippen molar-refractivity contribution in [1.82, 2.24) is 0 Å². The first-order chi connectivity index (χ1) is 8.63. The van der Waals surface area contributed by atoms with Crippen molar-refractivity contribution in [3.8, 4) is 5.75 Å². The molecule has 5 atom stereocenters. The van der Waals surface area contributed by atoms with Crippen LogP contribution < -0.4 is 4.74 Å². The summed E-state index contributed by atoms with van der Waals surface area (Å²) < 4.78 is 23.8. The molecule has 0 amide bonds. The standard InChI is InChI=1S/C12H15FO5/c13-9-8(6-14)18-12(11(16)10(9)15)17-7-4-2-1-3-5-7/h1-5,8-12,14-16H,6H2/t8-,9-,10+,11-,12+/m1/s1. The second-order valence-electron chi connectivity index (χ2n) is 4.08. The molecule has 0 aliphatic carbocycles. The zero-order valence-corrected chi connectivity index (χ0v) is 9.52. The number of hydrogen-bond acceptors (Lipinski definition) is 5. The third-order valence-corrected chi connectivity index (χ3v) is 2.79. The first kappa shape index (κ1) is 13.2. The SMILES string of the molecule is OC[C@H]1O[C@H](Oc2ccccc2)[C@H](O)[C@@H](O)[C@@H]1F. The third-order valence-electron chi connectivity index (χ3n) is 2.79. The Morgan fingerprint density at radius 1 is 1.17 bits per heavy atom. The Bertz CT molecular complexity index is 372. The van der Waals surface area contributed by atoms with E-state index in [1.165, 1.54) is 0 Å². The first-order valence-corrected chi connectivity index (χ1v) is 5.61. The van der Waals surface area contributed by atoms with Crippen molar-refractivity contribution in [2.45, 2.75) is 30.8 Å². The Hall–Kier alpha value is -1.21. The van der Waals surface area contributed by atoms with Gasteiger partial charge in [-0.25, -0.2) is 4.39 Å². The minimum Gasteiger partial charge on any atom is -0.462 e. The van der Waals surface area contributed by atoms with E-state index in [0.717, 1.165) is 0 Å². The van der Waals surface area contributed by atoms with Gasteiger partial charge in [0, 0.05) is 0 Å². The van der Waals surface area contributed by atoms with Crippen LogP contribution in [-0.4, -0.2) is 52.7 Å². The van der Waals surface area contributed by atoms with Gasteiger partial charge in [-0.15, -0.1) is 0 Å². The van der Waals surface area contributed by atoms with Crippen molar-refractivity contribution < 1.29 is 29.2 Å². The van der Waals surface area contributed by atoms with Gasteiger partial charge in [0.1, 0.15) is 24.1 Å². The summed E-state index contributed by atoms with van der Waals surface area (Å²) in [6.07, 6.45) is -7.43. The molecule has 1 aliphatic heterocycles. The first-order valence-electron chi connectivity index (χ1n) is 5.61. The fraction of sp³-hybridized carbons (Fsp3) is 0.500. The molecule has 3 N–H and O–H groups in total. The Balaban J connectivity index is 2.08. The van der Waals surface area contributed by atoms with Crippen molar-refractivity contribution in [3.05, 3.63) is 30.3 Å². The van der Waals surface area contributed by atoms with Gasteiger partial charge in [-0.2, -0.15) is 0 Å². The molecule has 1 fully saturated rings. The number of alkyl halides is 1. The fourth-order valence-electron chi connectivity index (χ4n) is 1.77. The number of halogens is 1. The van der Waals surface area contributed by atoms with Gasteiger partial charge in [0.15, 0.2) is 6.17 Å². The number of para-hydroxylation sites is 1. The van der Waals surface area contributed by atoms with E-state index in [-0.39, 0.29) is 0 Å². The summed E-state index contributed by atoms with van der Waals surface area (Å²) >= 11 is 0. The van der Waals surface area contributed by atoms with Crippen LogP contribution in [0.25, 0.3) is 0 Å². The predicted molar refractivity (Wildman–Crippen MR) is 59.7 cm³/mol. The normalized spacial score (nSPS) is 36.3. The highest BCUT2D eigenvalue weighted by Gasteiger charge is 2.45. The summed E-state index contributed by atoms with van der Waals surface area (Å²) in [4.78, 5) is 0. The number of aliphatic hydroxyl groups is 3. The highest BCUT2D eigenvalue weighted by Crippen LogP contribution is 2.25. The molecule has 5 nitrogen and oxygen atoms in total. The van der Waals surface area contributed by atoms with Crippen LogP contribution in [0, 0.1) is 0 Å². The van der Waals surface area contributed by atoms with E-state index in [1.807, 2.05) is 0 Å². The number of benzene rings is 1. The van der Waals surface area contributed by atoms with Crippen molar-refractivity contribution in [1.29, 1.82) is 0 Å². The second kappa shape index (κ2) is 5.62. The molecule has 18 heavy (non-hydrogen) atoms. The zero-order chi connectivity index (χ0) is 13.1. The van der Waals surface area contributed by atoms with Crippen LogP contribution in [0.3, 0.4) is 0 Å². The van der Waals surface area contributed by atoms with Crippen LogP contribution in [-0.2, 0) is 4.74 Å². The van der Waals surface area contributed by atoms with Gasteiger partial charge in [0.25, 0.3) is 0 Å². The molecular formula is C12H15FO5. The maximum Gasteiger partial charge on any atom is 0.229 e. The lowest BCUT2D eigenvalue weighted by atomic mass is 10.0. The molecule has 100 valence electrons. The summed E-state index contributed by atoms with van der Waals surface area (Å²) in [7, 11) is 0. The number of ether oxygens (including phenoxy) is 2. The molecule has 2 rings (SSSR count). The van der Waals surface area contributed by atoms with Crippen LogP contribution in [0.2, 0.25) is 0 Å². The van der Waals surface area contributed by atoms with Gasteiger partial charge < -0.3 is 24.8 Å². The average molecular weight is 258 g/mol. The molecule has 0 spiro atoms. The molecule has 0 unspecified atom stereocenters. The lowest BCUT2D eigenvalue weighted by molar-refractivity contribution is -0.265. The highest BCUT2D eigenvalue weighted by molar-refractivity contribution is 5.21. The maximum absolute atomic E-state index is 13.5. The quantitative estimate of drug-likeness (QED) is 0.702. The van der Waals surface area contributed by atoms with Gasteiger partial charge in [-0.1, -0.05) is 18.2 Å². The Morgan fingerprint density at radius 3 is 2.44 bits per heavy atom. The van der Waals surface area contributed by atoms with Gasteiger partial charge >= 0.3 is 0 Å². The number of hydrogen-bond donors (Lipinski definition) is 3. The molecule has 1 aromatic rings. The predicted octanol–water partition coefficient (Wildman–Crippen LogP) is -0.158. The topological polar surface area (TPSA) is 79.2 Å². The minimum absolute atomic E-state index is 0.419. The van der Waals surface area contributed by atoms with E-state index < -0.39 is 37.4 Å². The lowest BCUT2D eigenvalue weighted by Gasteiger charge is -2.38. The van der Waals surface area contributed by atoms with Crippen molar-refractivity contribution >= 4 is 0 Å². The minimum atomic E-state index is -1.85. The Morgan fingerprint density at radius 2 is 1.83 bits per heavy atom. The van der Waals surface area contributed by atoms with E-state index in [0.29, 0.717) is 5.75 Å². The zero-order valence-electron chi connectivity index (χ0n) is 9.52. The van der Waals surface area contributed by atoms with E-state index in [9.17, 15) is 14.6 Å². The van der Waals surface area contributed by atoms with E-state index in [4.69, 9.17) is 14.6 Å². The second-order valence-corrected chi connectivity index (χ2v) is 4.08.